The van der Waals surface area contributed by atoms with Crippen LogP contribution in [0.4, 0.5) is 5.69 Å². The van der Waals surface area contributed by atoms with Crippen molar-refractivity contribution in [3.8, 4) is 0 Å². The number of hydrogen-bond acceptors (Lipinski definition) is 2. The number of fused-ring (bicyclic) bond motifs is 1. The Labute approximate surface area is 103 Å². The van der Waals surface area contributed by atoms with Gasteiger partial charge in [0.15, 0.2) is 0 Å². The molecule has 0 aliphatic carbocycles. The lowest BCUT2D eigenvalue weighted by molar-refractivity contribution is -0.133. The molecule has 1 aliphatic heterocycles. The third kappa shape index (κ3) is 2.60. The van der Waals surface area contributed by atoms with Gasteiger partial charge in [0, 0.05) is 25.8 Å². The van der Waals surface area contributed by atoms with Gasteiger partial charge in [0.1, 0.15) is 0 Å². The number of amides is 1. The lowest BCUT2D eigenvalue weighted by Gasteiger charge is -2.28. The summed E-state index contributed by atoms with van der Waals surface area (Å²) >= 11 is 0. The first-order chi connectivity index (χ1) is 8.22. The Kier molecular flexibility index (Phi) is 3.67. The van der Waals surface area contributed by atoms with Crippen molar-refractivity contribution in [2.24, 2.45) is 5.92 Å². The monoisotopic (exact) mass is 232 g/mol. The first-order valence-corrected chi connectivity index (χ1v) is 6.29. The molecule has 1 aromatic rings. The summed E-state index contributed by atoms with van der Waals surface area (Å²) in [6, 6.07) is 8.23. The number of para-hydroxylation sites is 1. The molecule has 1 atom stereocenters. The van der Waals surface area contributed by atoms with Crippen molar-refractivity contribution in [3.63, 3.8) is 0 Å². The van der Waals surface area contributed by atoms with Gasteiger partial charge in [-0.3, -0.25) is 4.79 Å². The van der Waals surface area contributed by atoms with E-state index >= 15 is 0 Å². The smallest absolute Gasteiger partial charge is 0.227 e. The van der Waals surface area contributed by atoms with Gasteiger partial charge in [-0.25, -0.2) is 0 Å². The number of rotatable bonds is 3. The van der Waals surface area contributed by atoms with Crippen LogP contribution in [0.3, 0.4) is 0 Å². The van der Waals surface area contributed by atoms with E-state index in [0.717, 1.165) is 25.9 Å². The molecular formula is C14H20N2O. The van der Waals surface area contributed by atoms with E-state index < -0.39 is 0 Å². The third-order valence-corrected chi connectivity index (χ3v) is 3.31. The average Bonchev–Trinajstić information content (AvgIpc) is 2.37. The highest BCUT2D eigenvalue weighted by Crippen LogP contribution is 2.25. The van der Waals surface area contributed by atoms with Gasteiger partial charge >= 0.3 is 0 Å². The van der Waals surface area contributed by atoms with E-state index in [1.54, 1.807) is 0 Å². The zero-order valence-electron chi connectivity index (χ0n) is 10.6. The Morgan fingerprint density at radius 2 is 2.24 bits per heavy atom. The molecule has 0 radical (unpaired) electrons. The minimum atomic E-state index is 0.0847. The maximum absolute atomic E-state index is 12.2. The quantitative estimate of drug-likeness (QED) is 0.866. The highest BCUT2D eigenvalue weighted by molar-refractivity contribution is 5.80. The van der Waals surface area contributed by atoms with Gasteiger partial charge in [0.05, 0.1) is 5.92 Å². The summed E-state index contributed by atoms with van der Waals surface area (Å²) in [5.41, 5.74) is 2.43. The standard InChI is InChI=1S/C14H20N2O/c1-3-8-16(2)14(17)12-9-11-6-4-5-7-13(11)15-10-12/h4-7,12,15H,3,8-10H2,1-2H3. The predicted molar refractivity (Wildman–Crippen MR) is 70.1 cm³/mol. The summed E-state index contributed by atoms with van der Waals surface area (Å²) in [4.78, 5) is 14.0. The number of nitrogens with zero attached hydrogens (tertiary/aromatic N) is 1. The number of carbonyl (C=O) groups is 1. The molecule has 0 saturated heterocycles. The first-order valence-electron chi connectivity index (χ1n) is 6.29. The third-order valence-electron chi connectivity index (χ3n) is 3.31. The van der Waals surface area contributed by atoms with Crippen LogP contribution in [0.5, 0.6) is 0 Å². The Hall–Kier alpha value is -1.51. The first kappa shape index (κ1) is 12.0. The molecule has 1 amide bonds. The van der Waals surface area contributed by atoms with Gasteiger partial charge in [0.25, 0.3) is 0 Å². The molecule has 1 heterocycles. The molecule has 3 heteroatoms. The molecule has 0 fully saturated rings. The molecule has 0 bridgehead atoms. The molecule has 3 nitrogen and oxygen atoms in total. The van der Waals surface area contributed by atoms with Crippen LogP contribution in [0.15, 0.2) is 24.3 Å². The lowest BCUT2D eigenvalue weighted by atomic mass is 9.93. The summed E-state index contributed by atoms with van der Waals surface area (Å²) in [6.07, 6.45) is 1.87. The molecule has 0 spiro atoms. The van der Waals surface area contributed by atoms with Crippen LogP contribution in [0, 0.1) is 5.92 Å². The number of hydrogen-bond donors (Lipinski definition) is 1. The van der Waals surface area contributed by atoms with E-state index in [1.807, 2.05) is 24.1 Å². The second kappa shape index (κ2) is 5.21. The number of carbonyl (C=O) groups excluding carboxylic acids is 1. The van der Waals surface area contributed by atoms with Crippen molar-refractivity contribution in [1.29, 1.82) is 0 Å². The Bertz CT molecular complexity index is 403. The maximum atomic E-state index is 12.2. The molecule has 0 saturated carbocycles. The Morgan fingerprint density at radius 1 is 1.47 bits per heavy atom. The van der Waals surface area contributed by atoms with Crippen molar-refractivity contribution >= 4 is 11.6 Å². The molecule has 92 valence electrons. The molecule has 1 aliphatic rings. The summed E-state index contributed by atoms with van der Waals surface area (Å²) in [5, 5.41) is 3.34. The van der Waals surface area contributed by atoms with E-state index in [9.17, 15) is 4.79 Å². The summed E-state index contributed by atoms with van der Waals surface area (Å²) in [7, 11) is 1.90. The largest absolute Gasteiger partial charge is 0.384 e. The van der Waals surface area contributed by atoms with Crippen molar-refractivity contribution in [1.82, 2.24) is 4.90 Å². The topological polar surface area (TPSA) is 32.3 Å². The number of benzene rings is 1. The molecule has 2 rings (SSSR count). The van der Waals surface area contributed by atoms with E-state index in [1.165, 1.54) is 11.3 Å². The molecule has 1 N–H and O–H groups in total. The van der Waals surface area contributed by atoms with Crippen LogP contribution in [0.1, 0.15) is 18.9 Å². The fourth-order valence-electron chi connectivity index (χ4n) is 2.37. The minimum absolute atomic E-state index is 0.0847. The minimum Gasteiger partial charge on any atom is -0.384 e. The lowest BCUT2D eigenvalue weighted by Crippen LogP contribution is -2.39. The summed E-state index contributed by atoms with van der Waals surface area (Å²) < 4.78 is 0. The second-order valence-corrected chi connectivity index (χ2v) is 4.70. The van der Waals surface area contributed by atoms with Crippen molar-refractivity contribution in [3.05, 3.63) is 29.8 Å². The van der Waals surface area contributed by atoms with Crippen molar-refractivity contribution < 1.29 is 4.79 Å². The van der Waals surface area contributed by atoms with Gasteiger partial charge in [-0.1, -0.05) is 25.1 Å². The van der Waals surface area contributed by atoms with Gasteiger partial charge in [-0.15, -0.1) is 0 Å². The van der Waals surface area contributed by atoms with Crippen molar-refractivity contribution in [2.75, 3.05) is 25.5 Å². The zero-order valence-corrected chi connectivity index (χ0v) is 10.6. The summed E-state index contributed by atoms with van der Waals surface area (Å²) in [6.45, 7) is 3.69. The number of nitrogens with one attached hydrogen (secondary N) is 1. The molecule has 0 aromatic heterocycles. The highest BCUT2D eigenvalue weighted by Gasteiger charge is 2.26. The summed E-state index contributed by atoms with van der Waals surface area (Å²) in [5.74, 6) is 0.343. The van der Waals surface area contributed by atoms with Crippen LogP contribution < -0.4 is 5.32 Å². The second-order valence-electron chi connectivity index (χ2n) is 4.70. The van der Waals surface area contributed by atoms with Crippen molar-refractivity contribution in [2.45, 2.75) is 19.8 Å². The fourth-order valence-corrected chi connectivity index (χ4v) is 2.37. The van der Waals surface area contributed by atoms with Crippen LogP contribution >= 0.6 is 0 Å². The van der Waals surface area contributed by atoms with Gasteiger partial charge < -0.3 is 10.2 Å². The van der Waals surface area contributed by atoms with Crippen LogP contribution in [-0.4, -0.2) is 30.9 Å². The zero-order chi connectivity index (χ0) is 12.3. The normalized spacial score (nSPS) is 18.1. The van der Waals surface area contributed by atoms with Crippen LogP contribution in [0.2, 0.25) is 0 Å². The van der Waals surface area contributed by atoms with E-state index in [2.05, 4.69) is 24.4 Å². The van der Waals surface area contributed by atoms with Gasteiger partial charge in [-0.2, -0.15) is 0 Å². The Morgan fingerprint density at radius 3 is 3.00 bits per heavy atom. The van der Waals surface area contributed by atoms with Gasteiger partial charge in [-0.05, 0) is 24.5 Å². The van der Waals surface area contributed by atoms with E-state index in [-0.39, 0.29) is 11.8 Å². The fraction of sp³-hybridized carbons (Fsp3) is 0.500. The van der Waals surface area contributed by atoms with Crippen LogP contribution in [-0.2, 0) is 11.2 Å². The molecule has 17 heavy (non-hydrogen) atoms. The Balaban J connectivity index is 2.05. The molecular weight excluding hydrogens is 212 g/mol. The maximum Gasteiger partial charge on any atom is 0.227 e. The molecule has 1 aromatic carbocycles. The van der Waals surface area contributed by atoms with Gasteiger partial charge in [0.2, 0.25) is 5.91 Å². The van der Waals surface area contributed by atoms with E-state index in [0.29, 0.717) is 0 Å². The molecule has 1 unspecified atom stereocenters. The van der Waals surface area contributed by atoms with E-state index in [4.69, 9.17) is 0 Å². The predicted octanol–water partition coefficient (Wildman–Crippen LogP) is 2.14. The number of anilines is 1. The van der Waals surface area contributed by atoms with Crippen LogP contribution in [0.25, 0.3) is 0 Å². The average molecular weight is 232 g/mol. The SMILES string of the molecule is CCCN(C)C(=O)C1CNc2ccccc2C1. The highest BCUT2D eigenvalue weighted by atomic mass is 16.2.